The number of aryl methyl sites for hydroxylation is 1. The lowest BCUT2D eigenvalue weighted by Crippen LogP contribution is -2.04. The zero-order valence-electron chi connectivity index (χ0n) is 12.0. The van der Waals surface area contributed by atoms with Crippen LogP contribution in [0.5, 0.6) is 0 Å². The molecule has 0 fully saturated rings. The quantitative estimate of drug-likeness (QED) is 0.779. The number of anilines is 1. The number of nitrogens with zero attached hydrogens (tertiary/aromatic N) is 3. The average Bonchev–Trinajstić information content (AvgIpc) is 2.95. The summed E-state index contributed by atoms with van der Waals surface area (Å²) >= 11 is 0. The molecule has 0 bridgehead atoms. The van der Waals surface area contributed by atoms with E-state index in [2.05, 4.69) is 64.0 Å². The Hall–Kier alpha value is -2.62. The number of rotatable bonds is 5. The van der Waals surface area contributed by atoms with Gasteiger partial charge in [0.25, 0.3) is 0 Å². The van der Waals surface area contributed by atoms with Gasteiger partial charge in [-0.15, -0.1) is 10.2 Å². The van der Waals surface area contributed by atoms with Crippen molar-refractivity contribution in [3.63, 3.8) is 0 Å². The molecule has 4 heteroatoms. The zero-order chi connectivity index (χ0) is 14.5. The maximum Gasteiger partial charge on any atom is 0.163 e. The van der Waals surface area contributed by atoms with E-state index in [0.717, 1.165) is 30.0 Å². The van der Waals surface area contributed by atoms with E-state index in [1.807, 2.05) is 17.7 Å². The highest BCUT2D eigenvalue weighted by Crippen LogP contribution is 2.18. The molecular weight excluding hydrogens is 260 g/mol. The van der Waals surface area contributed by atoms with Gasteiger partial charge in [0.2, 0.25) is 0 Å². The summed E-state index contributed by atoms with van der Waals surface area (Å²) in [5.41, 5.74) is 3.54. The lowest BCUT2D eigenvalue weighted by molar-refractivity contribution is 0.920. The second-order valence-corrected chi connectivity index (χ2v) is 5.01. The Bertz CT molecular complexity index is 686. The molecule has 1 N–H and O–H groups in total. The van der Waals surface area contributed by atoms with Crippen LogP contribution in [0.4, 0.5) is 5.69 Å². The van der Waals surface area contributed by atoms with E-state index >= 15 is 0 Å². The minimum atomic E-state index is 0.880. The van der Waals surface area contributed by atoms with Crippen molar-refractivity contribution in [1.82, 2.24) is 14.8 Å². The molecule has 0 amide bonds. The fraction of sp³-hybridized carbons (Fsp3) is 0.176. The van der Waals surface area contributed by atoms with E-state index in [0.29, 0.717) is 0 Å². The molecule has 2 aromatic carbocycles. The summed E-state index contributed by atoms with van der Waals surface area (Å²) < 4.78 is 1.91. The zero-order valence-corrected chi connectivity index (χ0v) is 12.0. The van der Waals surface area contributed by atoms with Gasteiger partial charge in [-0.1, -0.05) is 30.3 Å². The smallest absolute Gasteiger partial charge is 0.163 e. The second-order valence-electron chi connectivity index (χ2n) is 5.01. The summed E-state index contributed by atoms with van der Waals surface area (Å²) in [7, 11) is 1.95. The van der Waals surface area contributed by atoms with Crippen molar-refractivity contribution in [2.45, 2.75) is 6.42 Å². The van der Waals surface area contributed by atoms with Crippen molar-refractivity contribution in [2.24, 2.45) is 7.05 Å². The summed E-state index contributed by atoms with van der Waals surface area (Å²) in [4.78, 5) is 0. The fourth-order valence-corrected chi connectivity index (χ4v) is 2.28. The van der Waals surface area contributed by atoms with Gasteiger partial charge >= 0.3 is 0 Å². The number of hydrogen-bond donors (Lipinski definition) is 1. The normalized spacial score (nSPS) is 10.5. The minimum Gasteiger partial charge on any atom is -0.385 e. The first kappa shape index (κ1) is 13.4. The predicted octanol–water partition coefficient (Wildman–Crippen LogP) is 3.14. The third-order valence-electron chi connectivity index (χ3n) is 3.44. The molecule has 1 heterocycles. The monoisotopic (exact) mass is 278 g/mol. The molecular formula is C17H18N4. The number of aromatic nitrogens is 3. The van der Waals surface area contributed by atoms with E-state index in [4.69, 9.17) is 0 Å². The largest absolute Gasteiger partial charge is 0.385 e. The first-order valence-electron chi connectivity index (χ1n) is 7.05. The molecule has 0 radical (unpaired) electrons. The Labute approximate surface area is 124 Å². The average molecular weight is 278 g/mol. The van der Waals surface area contributed by atoms with Crippen LogP contribution in [0.15, 0.2) is 60.9 Å². The molecule has 3 rings (SSSR count). The summed E-state index contributed by atoms with van der Waals surface area (Å²) in [6.07, 6.45) is 2.73. The van der Waals surface area contributed by atoms with Crippen molar-refractivity contribution < 1.29 is 0 Å². The summed E-state index contributed by atoms with van der Waals surface area (Å²) in [5.74, 6) is 0.880. The van der Waals surface area contributed by atoms with Crippen molar-refractivity contribution >= 4 is 5.69 Å². The molecule has 0 aliphatic carbocycles. The maximum absolute atomic E-state index is 4.11. The molecule has 1 aromatic heterocycles. The minimum absolute atomic E-state index is 0.880. The summed E-state index contributed by atoms with van der Waals surface area (Å²) in [6.45, 7) is 0.924. The van der Waals surface area contributed by atoms with Gasteiger partial charge in [-0.05, 0) is 36.2 Å². The van der Waals surface area contributed by atoms with Crippen molar-refractivity contribution in [2.75, 3.05) is 11.9 Å². The Morgan fingerprint density at radius 2 is 1.76 bits per heavy atom. The van der Waals surface area contributed by atoms with Gasteiger partial charge in [0.05, 0.1) is 0 Å². The van der Waals surface area contributed by atoms with Crippen LogP contribution in [0.25, 0.3) is 11.4 Å². The molecule has 0 saturated carbocycles. The van der Waals surface area contributed by atoms with Crippen LogP contribution in [-0.4, -0.2) is 21.3 Å². The molecule has 0 atom stereocenters. The third kappa shape index (κ3) is 3.28. The maximum atomic E-state index is 4.11. The van der Waals surface area contributed by atoms with E-state index in [9.17, 15) is 0 Å². The van der Waals surface area contributed by atoms with Crippen LogP contribution in [0.2, 0.25) is 0 Å². The Kier molecular flexibility index (Phi) is 3.96. The van der Waals surface area contributed by atoms with Crippen LogP contribution in [0.3, 0.4) is 0 Å². The highest BCUT2D eigenvalue weighted by atomic mass is 15.2. The molecule has 0 aliphatic rings. The van der Waals surface area contributed by atoms with Crippen molar-refractivity contribution in [3.05, 3.63) is 66.5 Å². The third-order valence-corrected chi connectivity index (χ3v) is 3.44. The van der Waals surface area contributed by atoms with Crippen molar-refractivity contribution in [3.8, 4) is 11.4 Å². The van der Waals surface area contributed by atoms with Gasteiger partial charge in [0, 0.05) is 24.8 Å². The van der Waals surface area contributed by atoms with Gasteiger partial charge in [0.15, 0.2) is 5.82 Å². The number of benzene rings is 2. The molecule has 106 valence electrons. The second kappa shape index (κ2) is 6.22. The van der Waals surface area contributed by atoms with Crippen LogP contribution in [0, 0.1) is 0 Å². The van der Waals surface area contributed by atoms with Crippen LogP contribution < -0.4 is 5.32 Å². The highest BCUT2D eigenvalue weighted by Gasteiger charge is 2.03. The lowest BCUT2D eigenvalue weighted by atomic mass is 10.1. The van der Waals surface area contributed by atoms with Crippen LogP contribution >= 0.6 is 0 Å². The molecule has 0 saturated heterocycles. The van der Waals surface area contributed by atoms with E-state index in [1.54, 1.807) is 6.33 Å². The van der Waals surface area contributed by atoms with Gasteiger partial charge in [-0.3, -0.25) is 0 Å². The summed E-state index contributed by atoms with van der Waals surface area (Å²) in [5, 5.41) is 11.4. The standard InChI is InChI=1S/C17H18N4/c1-21-13-19-20-17(21)15-7-9-16(10-8-15)18-12-11-14-5-3-2-4-6-14/h2-10,13,18H,11-12H2,1H3. The Morgan fingerprint density at radius 3 is 2.43 bits per heavy atom. The first-order valence-corrected chi connectivity index (χ1v) is 7.05. The molecule has 21 heavy (non-hydrogen) atoms. The summed E-state index contributed by atoms with van der Waals surface area (Å²) in [6, 6.07) is 18.8. The highest BCUT2D eigenvalue weighted by molar-refractivity contribution is 5.59. The van der Waals surface area contributed by atoms with Crippen molar-refractivity contribution in [1.29, 1.82) is 0 Å². The molecule has 4 nitrogen and oxygen atoms in total. The van der Waals surface area contributed by atoms with Crippen LogP contribution in [0.1, 0.15) is 5.56 Å². The SMILES string of the molecule is Cn1cnnc1-c1ccc(NCCc2ccccc2)cc1. The molecule has 0 unspecified atom stereocenters. The van der Waals surface area contributed by atoms with E-state index in [-0.39, 0.29) is 0 Å². The van der Waals surface area contributed by atoms with E-state index < -0.39 is 0 Å². The topological polar surface area (TPSA) is 42.7 Å². The van der Waals surface area contributed by atoms with Gasteiger partial charge in [-0.2, -0.15) is 0 Å². The lowest BCUT2D eigenvalue weighted by Gasteiger charge is -2.07. The predicted molar refractivity (Wildman–Crippen MR) is 85.1 cm³/mol. The first-order chi connectivity index (χ1) is 10.3. The van der Waals surface area contributed by atoms with Gasteiger partial charge in [-0.25, -0.2) is 0 Å². The number of hydrogen-bond acceptors (Lipinski definition) is 3. The van der Waals surface area contributed by atoms with Gasteiger partial charge < -0.3 is 9.88 Å². The fourth-order valence-electron chi connectivity index (χ4n) is 2.28. The molecule has 0 aliphatic heterocycles. The molecule has 3 aromatic rings. The van der Waals surface area contributed by atoms with E-state index in [1.165, 1.54) is 5.56 Å². The van der Waals surface area contributed by atoms with Gasteiger partial charge in [0.1, 0.15) is 6.33 Å². The Morgan fingerprint density at radius 1 is 1.00 bits per heavy atom. The Balaban J connectivity index is 1.59. The van der Waals surface area contributed by atoms with Crippen LogP contribution in [-0.2, 0) is 13.5 Å². The molecule has 0 spiro atoms. The number of nitrogens with one attached hydrogen (secondary N) is 1.